The highest BCUT2D eigenvalue weighted by Crippen LogP contribution is 2.48. The van der Waals surface area contributed by atoms with Crippen molar-refractivity contribution in [3.8, 4) is 69.0 Å². The third-order valence-electron chi connectivity index (χ3n) is 8.98. The molecule has 7 rings (SSSR count). The van der Waals surface area contributed by atoms with E-state index in [9.17, 15) is 65.8 Å². The molecule has 0 saturated carbocycles. The number of phenols is 9. The second-order valence-electron chi connectivity index (χ2n) is 12.4. The summed E-state index contributed by atoms with van der Waals surface area (Å²) in [5.74, 6) is -8.24. The van der Waals surface area contributed by atoms with Crippen LogP contribution in [0, 0.1) is 0 Å². The number of hydrogen-bond donors (Lipinski definition) is 11. The number of esters is 1. The maximum atomic E-state index is 13.6. The molecule has 0 aliphatic carbocycles. The number of aromatic hydroxyl groups is 10. The average molecular weight is 717 g/mol. The van der Waals surface area contributed by atoms with Crippen molar-refractivity contribution in [2.45, 2.75) is 37.3 Å². The largest absolute Gasteiger partial charge is 0.508 e. The molecule has 0 amide bonds. The Hall–Kier alpha value is -6.94. The van der Waals surface area contributed by atoms with Crippen LogP contribution in [-0.2, 0) is 17.6 Å². The molecule has 2 heterocycles. The fourth-order valence-electron chi connectivity index (χ4n) is 6.53. The molecule has 268 valence electrons. The van der Waals surface area contributed by atoms with Gasteiger partial charge in [-0.1, -0.05) is 0 Å². The smallest absolute Gasteiger partial charge is 0.338 e. The highest BCUT2D eigenvalue weighted by Gasteiger charge is 2.39. The van der Waals surface area contributed by atoms with Gasteiger partial charge in [0.05, 0.1) is 17.1 Å². The van der Waals surface area contributed by atoms with Crippen LogP contribution in [-0.4, -0.2) is 74.3 Å². The number of aliphatic hydroxyl groups excluding tert-OH is 1. The van der Waals surface area contributed by atoms with Gasteiger partial charge in [-0.3, -0.25) is 4.79 Å². The summed E-state index contributed by atoms with van der Waals surface area (Å²) in [7, 11) is 0. The van der Waals surface area contributed by atoms with Crippen LogP contribution < -0.4 is 14.9 Å². The lowest BCUT2D eigenvalue weighted by atomic mass is 9.90. The van der Waals surface area contributed by atoms with Gasteiger partial charge >= 0.3 is 5.97 Å². The van der Waals surface area contributed by atoms with Gasteiger partial charge in [0.2, 0.25) is 5.43 Å². The van der Waals surface area contributed by atoms with E-state index in [1.165, 1.54) is 12.1 Å². The van der Waals surface area contributed by atoms with Crippen molar-refractivity contribution < 1.29 is 75.2 Å². The molecule has 0 aromatic heterocycles. The van der Waals surface area contributed by atoms with Crippen LogP contribution in [0.1, 0.15) is 44.8 Å². The van der Waals surface area contributed by atoms with Crippen molar-refractivity contribution in [2.24, 2.45) is 0 Å². The quantitative estimate of drug-likeness (QED) is 0.0940. The summed E-state index contributed by atoms with van der Waals surface area (Å²) < 4.78 is 17.8. The maximum Gasteiger partial charge on any atom is 0.338 e. The molecule has 52 heavy (non-hydrogen) atoms. The van der Waals surface area contributed by atoms with E-state index in [2.05, 4.69) is 0 Å². The first-order valence-electron chi connectivity index (χ1n) is 15.4. The van der Waals surface area contributed by atoms with Crippen molar-refractivity contribution in [1.82, 2.24) is 0 Å². The Morgan fingerprint density at radius 2 is 1.17 bits per heavy atom. The van der Waals surface area contributed by atoms with Gasteiger partial charge in [-0.15, -0.1) is 0 Å². The molecule has 0 bridgehead atoms. The molecule has 2 aliphatic rings. The van der Waals surface area contributed by atoms with Crippen molar-refractivity contribution in [3.63, 3.8) is 0 Å². The van der Waals surface area contributed by atoms with Crippen LogP contribution in [0.25, 0.3) is 10.8 Å². The number of phenolic OH excluding ortho intramolecular Hbond substituents is 9. The van der Waals surface area contributed by atoms with E-state index in [-0.39, 0.29) is 63.5 Å². The van der Waals surface area contributed by atoms with Crippen LogP contribution >= 0.6 is 0 Å². The third kappa shape index (κ3) is 5.56. The predicted molar refractivity (Wildman–Crippen MR) is 176 cm³/mol. The molecule has 4 unspecified atom stereocenters. The van der Waals surface area contributed by atoms with Gasteiger partial charge in [0, 0.05) is 53.8 Å². The van der Waals surface area contributed by atoms with E-state index >= 15 is 0 Å². The Kier molecular flexibility index (Phi) is 7.83. The Labute approximate surface area is 290 Å². The average Bonchev–Trinajstić information content (AvgIpc) is 3.20. The Bertz CT molecular complexity index is 2370. The molecule has 5 aromatic carbocycles. The Morgan fingerprint density at radius 1 is 0.615 bits per heavy atom. The molecule has 0 radical (unpaired) electrons. The standard InChI is InChI=1S/C36H28O16/c37-14-5-20(39)18-10-26(45)34(50-27(18)7-14)12-1-16-17(9-25(44)33(48)30(16)32(47)24(43)2-12)35-29(11-19-21(40)6-15(38)8-28(19)51-35)52-36(49)13-3-22(41)31(46)23(42)4-13/h1-9,26,29,34-35,37-42,44-46,48H,10-11H2,(H,43,47). The third-order valence-corrected chi connectivity index (χ3v) is 8.98. The summed E-state index contributed by atoms with van der Waals surface area (Å²) in [4.78, 5) is 27.0. The van der Waals surface area contributed by atoms with Crippen LogP contribution in [0.4, 0.5) is 0 Å². The molecule has 4 atom stereocenters. The van der Waals surface area contributed by atoms with E-state index in [4.69, 9.17) is 14.2 Å². The number of rotatable bonds is 4. The molecule has 11 N–H and O–H groups in total. The van der Waals surface area contributed by atoms with Crippen LogP contribution in [0.15, 0.2) is 59.4 Å². The maximum absolute atomic E-state index is 13.6. The minimum absolute atomic E-state index is 0.0173. The molecule has 16 nitrogen and oxygen atoms in total. The normalized spacial score (nSPS) is 19.2. The van der Waals surface area contributed by atoms with Gasteiger partial charge in [-0.25, -0.2) is 4.79 Å². The zero-order valence-corrected chi connectivity index (χ0v) is 26.4. The predicted octanol–water partition coefficient (Wildman–Crippen LogP) is 3.19. The van der Waals surface area contributed by atoms with Crippen LogP contribution in [0.3, 0.4) is 0 Å². The molecule has 0 saturated heterocycles. The molecule has 0 spiro atoms. The molecular formula is C36H28O16. The van der Waals surface area contributed by atoms with Gasteiger partial charge < -0.3 is 70.4 Å². The number of ether oxygens (including phenoxy) is 3. The lowest BCUT2D eigenvalue weighted by Gasteiger charge is -2.34. The second-order valence-corrected chi connectivity index (χ2v) is 12.4. The Morgan fingerprint density at radius 3 is 1.79 bits per heavy atom. The molecule has 2 aliphatic heterocycles. The number of carbonyl (C=O) groups excluding carboxylic acids is 1. The van der Waals surface area contributed by atoms with Crippen molar-refractivity contribution >= 4 is 16.7 Å². The van der Waals surface area contributed by atoms with Crippen molar-refractivity contribution in [2.75, 3.05) is 0 Å². The summed E-state index contributed by atoms with van der Waals surface area (Å²) >= 11 is 0. The van der Waals surface area contributed by atoms with E-state index in [1.54, 1.807) is 0 Å². The highest BCUT2D eigenvalue weighted by atomic mass is 16.6. The minimum atomic E-state index is -1.53. The lowest BCUT2D eigenvalue weighted by Crippen LogP contribution is -2.35. The SMILES string of the molecule is O=C(OC1Cc2c(O)cc(O)cc2OC1c1cc(O)c(O)c2c(=O)c(O)cc(C3Oc4cc(O)cc(O)c4CC3O)cc12)c1cc(O)c(O)c(O)c1. The summed E-state index contributed by atoms with van der Waals surface area (Å²) in [6, 6.07) is 9.20. The van der Waals surface area contributed by atoms with Crippen molar-refractivity contribution in [1.29, 1.82) is 0 Å². The summed E-state index contributed by atoms with van der Waals surface area (Å²) in [6.45, 7) is 0. The molecule has 5 aromatic rings. The zero-order chi connectivity index (χ0) is 37.3. The summed E-state index contributed by atoms with van der Waals surface area (Å²) in [6.07, 6.45) is -6.28. The fourth-order valence-corrected chi connectivity index (χ4v) is 6.53. The van der Waals surface area contributed by atoms with Gasteiger partial charge in [-0.2, -0.15) is 0 Å². The topological polar surface area (TPSA) is 284 Å². The van der Waals surface area contributed by atoms with E-state index in [0.29, 0.717) is 0 Å². The summed E-state index contributed by atoms with van der Waals surface area (Å²) in [5, 5.41) is 114. The number of carbonyl (C=O) groups is 1. The zero-order valence-electron chi connectivity index (χ0n) is 26.4. The molecule has 16 heteroatoms. The van der Waals surface area contributed by atoms with Crippen LogP contribution in [0.5, 0.6) is 69.0 Å². The second kappa shape index (κ2) is 12.1. The number of fused-ring (bicyclic) bond motifs is 3. The lowest BCUT2D eigenvalue weighted by molar-refractivity contribution is -0.0184. The number of hydrogen-bond acceptors (Lipinski definition) is 16. The summed E-state index contributed by atoms with van der Waals surface area (Å²) in [5.41, 5.74) is -1.59. The van der Waals surface area contributed by atoms with E-state index < -0.39 is 92.8 Å². The first kappa shape index (κ1) is 33.6. The van der Waals surface area contributed by atoms with Crippen molar-refractivity contribution in [3.05, 3.63) is 92.6 Å². The van der Waals surface area contributed by atoms with Crippen LogP contribution in [0.2, 0.25) is 0 Å². The Balaban J connectivity index is 1.42. The van der Waals surface area contributed by atoms with Gasteiger partial charge in [-0.05, 0) is 41.3 Å². The number of benzene rings is 4. The van der Waals surface area contributed by atoms with Gasteiger partial charge in [0.1, 0.15) is 46.7 Å². The molecular weight excluding hydrogens is 688 g/mol. The van der Waals surface area contributed by atoms with E-state index in [1.807, 2.05) is 0 Å². The van der Waals surface area contributed by atoms with Gasteiger partial charge in [0.15, 0.2) is 40.6 Å². The van der Waals surface area contributed by atoms with E-state index in [0.717, 1.165) is 42.5 Å². The highest BCUT2D eigenvalue weighted by molar-refractivity contribution is 5.94. The first-order chi connectivity index (χ1) is 24.6. The first-order valence-corrected chi connectivity index (χ1v) is 15.4. The minimum Gasteiger partial charge on any atom is -0.508 e. The fraction of sp³-hybridized carbons (Fsp3) is 0.167. The monoisotopic (exact) mass is 716 g/mol. The molecule has 0 fully saturated rings. The number of aliphatic hydroxyl groups is 1. The van der Waals surface area contributed by atoms with Gasteiger partial charge in [0.25, 0.3) is 0 Å².